The summed E-state index contributed by atoms with van der Waals surface area (Å²) in [4.78, 5) is 17.8. The van der Waals surface area contributed by atoms with Crippen LogP contribution in [0.4, 0.5) is 0 Å². The summed E-state index contributed by atoms with van der Waals surface area (Å²) in [6.07, 6.45) is 3.55. The molecule has 4 aromatic rings. The number of rotatable bonds is 5. The van der Waals surface area contributed by atoms with E-state index in [0.29, 0.717) is 34.0 Å². The quantitative estimate of drug-likeness (QED) is 0.528. The van der Waals surface area contributed by atoms with Crippen molar-refractivity contribution < 1.29 is 9.32 Å². The Morgan fingerprint density at radius 2 is 1.83 bits per heavy atom. The third kappa shape index (κ3) is 3.70. The number of pyridine rings is 1. The first-order chi connectivity index (χ1) is 14.3. The monoisotopic (exact) mass is 403 g/mol. The highest BCUT2D eigenvalue weighted by molar-refractivity contribution is 6.07. The molecule has 4 rings (SSSR count). The second-order valence-electron chi connectivity index (χ2n) is 7.92. The van der Waals surface area contributed by atoms with Crippen molar-refractivity contribution in [1.82, 2.24) is 25.2 Å². The fourth-order valence-corrected chi connectivity index (χ4v) is 3.50. The molecule has 1 aromatic carbocycles. The maximum atomic E-state index is 13.2. The maximum Gasteiger partial charge on any atom is 0.259 e. The Kier molecular flexibility index (Phi) is 5.11. The van der Waals surface area contributed by atoms with Gasteiger partial charge in [0.15, 0.2) is 0 Å². The fourth-order valence-electron chi connectivity index (χ4n) is 3.50. The van der Waals surface area contributed by atoms with Crippen LogP contribution in [-0.2, 0) is 7.05 Å². The van der Waals surface area contributed by atoms with Gasteiger partial charge in [-0.15, -0.1) is 0 Å². The number of aryl methyl sites for hydroxylation is 2. The highest BCUT2D eigenvalue weighted by Crippen LogP contribution is 2.27. The Balaban J connectivity index is 1.67. The molecule has 0 aliphatic carbocycles. The summed E-state index contributed by atoms with van der Waals surface area (Å²) in [5.74, 6) is 0.274. The number of nitrogens with one attached hydrogen (secondary N) is 1. The van der Waals surface area contributed by atoms with Crippen LogP contribution >= 0.6 is 0 Å². The summed E-state index contributed by atoms with van der Waals surface area (Å²) in [5, 5.41) is 11.9. The molecule has 154 valence electrons. The van der Waals surface area contributed by atoms with Crippen LogP contribution in [0.1, 0.15) is 59.9 Å². The van der Waals surface area contributed by atoms with Gasteiger partial charge < -0.3 is 9.84 Å². The van der Waals surface area contributed by atoms with E-state index in [1.54, 1.807) is 16.9 Å². The molecule has 7 heteroatoms. The summed E-state index contributed by atoms with van der Waals surface area (Å²) in [7, 11) is 1.83. The molecular weight excluding hydrogens is 378 g/mol. The molecule has 1 unspecified atom stereocenters. The average Bonchev–Trinajstić information content (AvgIpc) is 3.33. The van der Waals surface area contributed by atoms with E-state index in [-0.39, 0.29) is 11.9 Å². The zero-order valence-electron chi connectivity index (χ0n) is 17.8. The summed E-state index contributed by atoms with van der Waals surface area (Å²) in [6, 6.07) is 9.97. The fraction of sp³-hybridized carbons (Fsp3) is 0.304. The molecule has 0 fully saturated rings. The van der Waals surface area contributed by atoms with Crippen LogP contribution in [-0.4, -0.2) is 25.8 Å². The number of benzene rings is 1. The van der Waals surface area contributed by atoms with Gasteiger partial charge in [-0.25, -0.2) is 4.98 Å². The van der Waals surface area contributed by atoms with Gasteiger partial charge >= 0.3 is 0 Å². The van der Waals surface area contributed by atoms with Crippen LogP contribution in [0.25, 0.3) is 22.4 Å². The van der Waals surface area contributed by atoms with E-state index in [9.17, 15) is 4.79 Å². The van der Waals surface area contributed by atoms with E-state index in [1.807, 2.05) is 27.1 Å². The number of hydrogen-bond acceptors (Lipinski definition) is 5. The minimum absolute atomic E-state index is 0.149. The number of carbonyl (C=O) groups is 1. The van der Waals surface area contributed by atoms with Crippen molar-refractivity contribution in [2.45, 2.75) is 39.7 Å². The van der Waals surface area contributed by atoms with Gasteiger partial charge in [-0.3, -0.25) is 9.48 Å². The number of nitrogens with zero attached hydrogens (tertiary/aromatic N) is 4. The number of hydrogen-bond donors (Lipinski definition) is 1. The number of fused-ring (bicyclic) bond motifs is 1. The van der Waals surface area contributed by atoms with Gasteiger partial charge in [0.2, 0.25) is 0 Å². The van der Waals surface area contributed by atoms with Gasteiger partial charge in [-0.05, 0) is 37.0 Å². The Morgan fingerprint density at radius 1 is 1.13 bits per heavy atom. The lowest BCUT2D eigenvalue weighted by Crippen LogP contribution is -2.27. The summed E-state index contributed by atoms with van der Waals surface area (Å²) < 4.78 is 7.06. The minimum atomic E-state index is -0.195. The van der Waals surface area contributed by atoms with Crippen molar-refractivity contribution in [1.29, 1.82) is 0 Å². The third-order valence-corrected chi connectivity index (χ3v) is 5.31. The molecule has 0 aliphatic rings. The molecule has 0 bridgehead atoms. The molecule has 0 saturated carbocycles. The van der Waals surface area contributed by atoms with Gasteiger partial charge in [0, 0.05) is 18.8 Å². The average molecular weight is 403 g/mol. The Morgan fingerprint density at radius 3 is 2.47 bits per heavy atom. The summed E-state index contributed by atoms with van der Waals surface area (Å²) in [6.45, 7) is 8.11. The van der Waals surface area contributed by atoms with Crippen LogP contribution in [0.5, 0.6) is 0 Å². The normalized spacial score (nSPS) is 12.5. The van der Waals surface area contributed by atoms with Crippen molar-refractivity contribution in [2.24, 2.45) is 7.05 Å². The first kappa shape index (κ1) is 19.8. The highest BCUT2D eigenvalue weighted by Gasteiger charge is 2.21. The molecule has 0 aliphatic heterocycles. The van der Waals surface area contributed by atoms with Gasteiger partial charge in [0.25, 0.3) is 11.6 Å². The van der Waals surface area contributed by atoms with Crippen LogP contribution in [0, 0.1) is 6.92 Å². The predicted octanol–water partition coefficient (Wildman–Crippen LogP) is 4.55. The van der Waals surface area contributed by atoms with Crippen LogP contribution in [0.15, 0.2) is 47.2 Å². The van der Waals surface area contributed by atoms with Crippen molar-refractivity contribution in [2.75, 3.05) is 0 Å². The molecule has 0 spiro atoms. The second kappa shape index (κ2) is 7.74. The third-order valence-electron chi connectivity index (χ3n) is 5.31. The lowest BCUT2D eigenvalue weighted by Gasteiger charge is -2.16. The summed E-state index contributed by atoms with van der Waals surface area (Å²) in [5.41, 5.74) is 5.21. The SMILES string of the molecule is Cc1noc2nc(-c3cnn(C)c3)cc(C(=O)NC(C)c3ccc(C(C)C)cc3)c12. The van der Waals surface area contributed by atoms with Gasteiger partial charge in [-0.1, -0.05) is 43.3 Å². The molecule has 30 heavy (non-hydrogen) atoms. The van der Waals surface area contributed by atoms with Crippen molar-refractivity contribution in [3.05, 3.63) is 65.1 Å². The smallest absolute Gasteiger partial charge is 0.259 e. The van der Waals surface area contributed by atoms with Crippen LogP contribution in [0.2, 0.25) is 0 Å². The van der Waals surface area contributed by atoms with E-state index in [0.717, 1.165) is 11.1 Å². The molecule has 7 nitrogen and oxygen atoms in total. The summed E-state index contributed by atoms with van der Waals surface area (Å²) >= 11 is 0. The maximum absolute atomic E-state index is 13.2. The molecule has 1 amide bonds. The van der Waals surface area contributed by atoms with E-state index in [2.05, 4.69) is 58.7 Å². The zero-order valence-corrected chi connectivity index (χ0v) is 17.8. The second-order valence-corrected chi connectivity index (χ2v) is 7.92. The first-order valence-electron chi connectivity index (χ1n) is 10.00. The van der Waals surface area contributed by atoms with Crippen molar-refractivity contribution >= 4 is 17.0 Å². The molecule has 3 aromatic heterocycles. The van der Waals surface area contributed by atoms with E-state index in [1.165, 1.54) is 5.56 Å². The standard InChI is InChI=1S/C23H25N5O2/c1-13(2)16-6-8-17(9-7-16)14(3)25-22(29)19-10-20(18-11-24-28(5)12-18)26-23-21(19)15(4)27-30-23/h6-14H,1-5H3,(H,25,29). The van der Waals surface area contributed by atoms with E-state index >= 15 is 0 Å². The highest BCUT2D eigenvalue weighted by atomic mass is 16.5. The largest absolute Gasteiger partial charge is 0.345 e. The lowest BCUT2D eigenvalue weighted by molar-refractivity contribution is 0.0941. The number of amides is 1. The molecule has 0 saturated heterocycles. The molecule has 0 radical (unpaired) electrons. The van der Waals surface area contributed by atoms with Gasteiger partial charge in [-0.2, -0.15) is 5.10 Å². The predicted molar refractivity (Wildman–Crippen MR) is 115 cm³/mol. The van der Waals surface area contributed by atoms with Gasteiger partial charge in [0.1, 0.15) is 0 Å². The minimum Gasteiger partial charge on any atom is -0.345 e. The molecule has 1 N–H and O–H groups in total. The number of carbonyl (C=O) groups excluding carboxylic acids is 1. The van der Waals surface area contributed by atoms with Crippen LogP contribution in [0.3, 0.4) is 0 Å². The Hall–Kier alpha value is -3.48. The van der Waals surface area contributed by atoms with Gasteiger partial charge in [0.05, 0.1) is 34.6 Å². The first-order valence-corrected chi connectivity index (χ1v) is 10.00. The lowest BCUT2D eigenvalue weighted by atomic mass is 9.99. The van der Waals surface area contributed by atoms with E-state index in [4.69, 9.17) is 4.52 Å². The molecule has 1 atom stereocenters. The Labute approximate surface area is 175 Å². The van der Waals surface area contributed by atoms with E-state index < -0.39 is 0 Å². The van der Waals surface area contributed by atoms with Crippen LogP contribution < -0.4 is 5.32 Å². The molecular formula is C23H25N5O2. The zero-order chi connectivity index (χ0) is 21.4. The van der Waals surface area contributed by atoms with Crippen molar-refractivity contribution in [3.63, 3.8) is 0 Å². The number of aromatic nitrogens is 4. The molecule has 3 heterocycles. The van der Waals surface area contributed by atoms with Crippen molar-refractivity contribution in [3.8, 4) is 11.3 Å². The Bertz CT molecular complexity index is 1200. The topological polar surface area (TPSA) is 85.8 Å².